The fraction of sp³-hybridized carbons (Fsp3) is 0.250. The molecule has 0 saturated carbocycles. The van der Waals surface area contributed by atoms with Gasteiger partial charge in [0.15, 0.2) is 0 Å². The van der Waals surface area contributed by atoms with Crippen LogP contribution in [0.25, 0.3) is 0 Å². The third-order valence-corrected chi connectivity index (χ3v) is 2.87. The molecule has 1 rings (SSSR count). The molecule has 0 aliphatic rings. The topological polar surface area (TPSA) is 80.1 Å². The Hall–Kier alpha value is -1.07. The van der Waals surface area contributed by atoms with E-state index in [1.807, 2.05) is 0 Å². The van der Waals surface area contributed by atoms with Gasteiger partial charge in [-0.2, -0.15) is 0 Å². The van der Waals surface area contributed by atoms with Crippen molar-refractivity contribution in [3.8, 4) is 5.75 Å². The summed E-state index contributed by atoms with van der Waals surface area (Å²) >= 11 is 0. The zero-order valence-electron chi connectivity index (χ0n) is 7.37. The lowest BCUT2D eigenvalue weighted by molar-refractivity contribution is 0.339. The van der Waals surface area contributed by atoms with Crippen LogP contribution in [0.5, 0.6) is 5.75 Å². The fourth-order valence-corrected chi connectivity index (χ4v) is 2.05. The first-order valence-electron chi connectivity index (χ1n) is 3.64. The van der Waals surface area contributed by atoms with Crippen molar-refractivity contribution in [2.24, 2.45) is 5.14 Å². The Balaban J connectivity index is 3.62. The van der Waals surface area contributed by atoms with E-state index in [4.69, 9.17) is 5.14 Å². The predicted octanol–water partition coefficient (Wildman–Crippen LogP) is 1.09. The first kappa shape index (κ1) is 10.0. The van der Waals surface area contributed by atoms with Gasteiger partial charge < -0.3 is 0 Å². The smallest absolute Gasteiger partial charge is 0.242 e. The molecule has 0 fully saturated rings. The van der Waals surface area contributed by atoms with Crippen LogP contribution in [0.4, 0.5) is 0 Å². The summed E-state index contributed by atoms with van der Waals surface area (Å²) in [5, 5.41) is 16.3. The van der Waals surface area contributed by atoms with Crippen molar-refractivity contribution < 1.29 is 13.5 Å². The predicted molar refractivity (Wildman–Crippen MR) is 47.4 cm³/mol. The molecule has 2 N–H and O–H groups in total. The normalized spacial score (nSPS) is 11.6. The van der Waals surface area contributed by atoms with Gasteiger partial charge in [0.05, 0.1) is 0 Å². The summed E-state index contributed by atoms with van der Waals surface area (Å²) in [5.74, 6) is -0.512. The van der Waals surface area contributed by atoms with Crippen LogP contribution in [0, 0.1) is 13.8 Å². The Labute approximate surface area is 77.1 Å². The monoisotopic (exact) mass is 200 g/mol. The number of hydrogen-bond acceptors (Lipinski definition) is 2. The van der Waals surface area contributed by atoms with Crippen LogP contribution < -0.4 is 5.14 Å². The van der Waals surface area contributed by atoms with E-state index in [-0.39, 0.29) is 4.90 Å². The third-order valence-electron chi connectivity index (χ3n) is 1.79. The van der Waals surface area contributed by atoms with Gasteiger partial charge in [-0.05, 0) is 25.0 Å². The number of rotatable bonds is 1. The molecule has 71 valence electrons. The average Bonchev–Trinajstić information content (AvgIpc) is 1.95. The molecular formula is C8H10NO3S. The Morgan fingerprint density at radius 3 is 2.00 bits per heavy atom. The Kier molecular flexibility index (Phi) is 2.32. The zero-order chi connectivity index (χ0) is 10.2. The molecule has 5 heteroatoms. The first-order chi connectivity index (χ1) is 5.84. The van der Waals surface area contributed by atoms with Gasteiger partial charge in [-0.25, -0.2) is 13.6 Å². The van der Waals surface area contributed by atoms with Crippen LogP contribution in [-0.4, -0.2) is 8.42 Å². The molecule has 4 nitrogen and oxygen atoms in total. The fourth-order valence-electron chi connectivity index (χ4n) is 1.11. The SMILES string of the molecule is Cc1ccc(C)c(S(N)(=O)=O)c1[O]. The van der Waals surface area contributed by atoms with Crippen molar-refractivity contribution in [2.45, 2.75) is 18.7 Å². The molecule has 0 unspecified atom stereocenters. The lowest BCUT2D eigenvalue weighted by Crippen LogP contribution is -2.14. The molecule has 0 aliphatic heterocycles. The zero-order valence-corrected chi connectivity index (χ0v) is 8.18. The van der Waals surface area contributed by atoms with Gasteiger partial charge in [-0.1, -0.05) is 12.1 Å². The van der Waals surface area contributed by atoms with Gasteiger partial charge in [0.2, 0.25) is 15.8 Å². The van der Waals surface area contributed by atoms with Crippen LogP contribution >= 0.6 is 0 Å². The summed E-state index contributed by atoms with van der Waals surface area (Å²) in [5.41, 5.74) is 0.771. The average molecular weight is 200 g/mol. The van der Waals surface area contributed by atoms with E-state index < -0.39 is 15.8 Å². The lowest BCUT2D eigenvalue weighted by Gasteiger charge is -2.05. The molecule has 0 amide bonds. The van der Waals surface area contributed by atoms with Gasteiger partial charge in [-0.3, -0.25) is 5.11 Å². The van der Waals surface area contributed by atoms with Crippen molar-refractivity contribution in [1.29, 1.82) is 0 Å². The van der Waals surface area contributed by atoms with Crippen LogP contribution in [0.1, 0.15) is 11.1 Å². The number of sulfonamides is 1. The van der Waals surface area contributed by atoms with Crippen LogP contribution in [0.3, 0.4) is 0 Å². The molecule has 1 aromatic carbocycles. The second-order valence-electron chi connectivity index (χ2n) is 2.90. The first-order valence-corrected chi connectivity index (χ1v) is 5.18. The minimum atomic E-state index is -3.90. The summed E-state index contributed by atoms with van der Waals surface area (Å²) < 4.78 is 22.0. The van der Waals surface area contributed by atoms with E-state index >= 15 is 0 Å². The summed E-state index contributed by atoms with van der Waals surface area (Å²) in [6.07, 6.45) is 0. The third kappa shape index (κ3) is 1.81. The lowest BCUT2D eigenvalue weighted by atomic mass is 10.1. The maximum Gasteiger partial charge on any atom is 0.242 e. The molecule has 0 spiro atoms. The number of nitrogens with two attached hydrogens (primary N) is 1. The second-order valence-corrected chi connectivity index (χ2v) is 4.40. The van der Waals surface area contributed by atoms with E-state index in [1.54, 1.807) is 26.0 Å². The summed E-state index contributed by atoms with van der Waals surface area (Å²) in [7, 11) is -3.90. The largest absolute Gasteiger partial charge is 0.288 e. The summed E-state index contributed by atoms with van der Waals surface area (Å²) in [6, 6.07) is 3.14. The van der Waals surface area contributed by atoms with Crippen molar-refractivity contribution in [2.75, 3.05) is 0 Å². The van der Waals surface area contributed by atoms with Gasteiger partial charge in [-0.15, -0.1) is 0 Å². The summed E-state index contributed by atoms with van der Waals surface area (Å²) in [6.45, 7) is 3.09. The van der Waals surface area contributed by atoms with Crippen molar-refractivity contribution in [1.82, 2.24) is 0 Å². The van der Waals surface area contributed by atoms with Gasteiger partial charge in [0.25, 0.3) is 0 Å². The summed E-state index contributed by atoms with van der Waals surface area (Å²) in [4.78, 5) is -0.299. The molecule has 0 atom stereocenters. The highest BCUT2D eigenvalue weighted by Crippen LogP contribution is 2.28. The Morgan fingerprint density at radius 1 is 1.15 bits per heavy atom. The van der Waals surface area contributed by atoms with Gasteiger partial charge in [0, 0.05) is 0 Å². The molecule has 13 heavy (non-hydrogen) atoms. The van der Waals surface area contributed by atoms with Gasteiger partial charge >= 0.3 is 0 Å². The molecule has 1 aromatic rings. The number of primary sulfonamides is 1. The highest BCUT2D eigenvalue weighted by Gasteiger charge is 2.19. The van der Waals surface area contributed by atoms with E-state index in [0.717, 1.165) is 0 Å². The van der Waals surface area contributed by atoms with Crippen LogP contribution in [0.2, 0.25) is 0 Å². The quantitative estimate of drug-likeness (QED) is 0.736. The Bertz CT molecular complexity index is 437. The minimum Gasteiger partial charge on any atom is -0.288 e. The van der Waals surface area contributed by atoms with Crippen molar-refractivity contribution >= 4 is 10.0 Å². The molecule has 0 aliphatic carbocycles. The second kappa shape index (κ2) is 3.01. The molecule has 1 radical (unpaired) electrons. The highest BCUT2D eigenvalue weighted by atomic mass is 32.2. The molecule has 0 saturated heterocycles. The maximum atomic E-state index is 11.4. The van der Waals surface area contributed by atoms with E-state index in [1.165, 1.54) is 0 Å². The van der Waals surface area contributed by atoms with Crippen molar-refractivity contribution in [3.05, 3.63) is 23.3 Å². The van der Waals surface area contributed by atoms with E-state index in [2.05, 4.69) is 0 Å². The highest BCUT2D eigenvalue weighted by molar-refractivity contribution is 7.89. The molecule has 0 bridgehead atoms. The number of benzene rings is 1. The van der Waals surface area contributed by atoms with Crippen molar-refractivity contribution in [3.63, 3.8) is 0 Å². The standard InChI is InChI=1S/C8H10NO3S/c1-5-3-4-6(2)8(7(5)10)13(9,11)12/h3-4H,1-2H3,(H2,9,11,12). The van der Waals surface area contributed by atoms with E-state index in [9.17, 15) is 13.5 Å². The molecule has 0 heterocycles. The number of aryl methyl sites for hydroxylation is 2. The van der Waals surface area contributed by atoms with Crippen LogP contribution in [-0.2, 0) is 15.1 Å². The van der Waals surface area contributed by atoms with Crippen LogP contribution in [0.15, 0.2) is 17.0 Å². The minimum absolute atomic E-state index is 0.299. The number of hydrogen-bond donors (Lipinski definition) is 1. The molecular weight excluding hydrogens is 190 g/mol. The Morgan fingerprint density at radius 2 is 1.62 bits per heavy atom. The molecule has 0 aromatic heterocycles. The maximum absolute atomic E-state index is 11.4. The van der Waals surface area contributed by atoms with Gasteiger partial charge in [0.1, 0.15) is 4.90 Å². The van der Waals surface area contributed by atoms with E-state index in [0.29, 0.717) is 11.1 Å².